The van der Waals surface area contributed by atoms with E-state index in [0.29, 0.717) is 17.9 Å². The maximum absolute atomic E-state index is 11.4. The summed E-state index contributed by atoms with van der Waals surface area (Å²) in [5.41, 5.74) is 0.884. The van der Waals surface area contributed by atoms with Crippen molar-refractivity contribution in [1.29, 1.82) is 0 Å². The topological polar surface area (TPSA) is 105 Å². The van der Waals surface area contributed by atoms with Crippen molar-refractivity contribution in [3.05, 3.63) is 29.8 Å². The molecule has 0 fully saturated rings. The average molecular weight is 280 g/mol. The van der Waals surface area contributed by atoms with E-state index < -0.39 is 18.0 Å². The molecule has 108 valence electrons. The summed E-state index contributed by atoms with van der Waals surface area (Å²) in [6, 6.07) is 5.68. The summed E-state index contributed by atoms with van der Waals surface area (Å²) < 4.78 is 4.83. The van der Waals surface area contributed by atoms with Crippen molar-refractivity contribution in [1.82, 2.24) is 5.32 Å². The van der Waals surface area contributed by atoms with Crippen molar-refractivity contribution in [3.8, 4) is 0 Å². The summed E-state index contributed by atoms with van der Waals surface area (Å²) >= 11 is 0. The zero-order valence-electron chi connectivity index (χ0n) is 11.0. The molecule has 0 bridgehead atoms. The molecule has 0 aliphatic carbocycles. The van der Waals surface area contributed by atoms with Crippen molar-refractivity contribution in [2.75, 3.05) is 18.5 Å². The third-order valence-corrected chi connectivity index (χ3v) is 2.28. The number of carbonyl (C=O) groups excluding carboxylic acids is 2. The van der Waals surface area contributed by atoms with Gasteiger partial charge < -0.3 is 20.5 Å². The van der Waals surface area contributed by atoms with E-state index in [-0.39, 0.29) is 13.0 Å². The van der Waals surface area contributed by atoms with Crippen molar-refractivity contribution >= 4 is 23.7 Å². The third-order valence-electron chi connectivity index (χ3n) is 2.28. The number of carbonyl (C=O) groups is 3. The van der Waals surface area contributed by atoms with E-state index in [1.54, 1.807) is 19.1 Å². The minimum atomic E-state index is -0.982. The summed E-state index contributed by atoms with van der Waals surface area (Å²) in [6.45, 7) is 2.06. The number of urea groups is 1. The highest BCUT2D eigenvalue weighted by Gasteiger charge is 2.07. The fourth-order valence-electron chi connectivity index (χ4n) is 1.36. The molecule has 2 amide bonds. The van der Waals surface area contributed by atoms with Gasteiger partial charge in [0.15, 0.2) is 0 Å². The number of anilines is 1. The quantitative estimate of drug-likeness (QED) is 0.684. The lowest BCUT2D eigenvalue weighted by atomic mass is 10.2. The Hall–Kier alpha value is -2.57. The van der Waals surface area contributed by atoms with Crippen LogP contribution in [0.15, 0.2) is 24.3 Å². The van der Waals surface area contributed by atoms with Crippen LogP contribution in [0.5, 0.6) is 0 Å². The lowest BCUT2D eigenvalue weighted by Gasteiger charge is -2.07. The molecule has 0 saturated heterocycles. The standard InChI is InChI=1S/C13H16N2O5/c1-2-20-12(18)9-3-5-10(6-4-9)15-13(19)14-8-7-11(16)17/h3-6H,2,7-8H2,1H3,(H,16,17)(H2,14,15,19). The van der Waals surface area contributed by atoms with Gasteiger partial charge in [0.25, 0.3) is 0 Å². The fourth-order valence-corrected chi connectivity index (χ4v) is 1.36. The molecule has 0 aliphatic rings. The van der Waals surface area contributed by atoms with Gasteiger partial charge in [-0.2, -0.15) is 0 Å². The lowest BCUT2D eigenvalue weighted by Crippen LogP contribution is -2.30. The minimum Gasteiger partial charge on any atom is -0.481 e. The van der Waals surface area contributed by atoms with Crippen LogP contribution in [0.2, 0.25) is 0 Å². The van der Waals surface area contributed by atoms with Gasteiger partial charge in [-0.25, -0.2) is 9.59 Å². The molecule has 20 heavy (non-hydrogen) atoms. The first-order valence-electron chi connectivity index (χ1n) is 6.06. The van der Waals surface area contributed by atoms with Crippen LogP contribution in [-0.2, 0) is 9.53 Å². The summed E-state index contributed by atoms with van der Waals surface area (Å²) in [6.07, 6.45) is -0.144. The van der Waals surface area contributed by atoms with Gasteiger partial charge in [-0.05, 0) is 31.2 Å². The zero-order valence-corrected chi connectivity index (χ0v) is 11.0. The second kappa shape index (κ2) is 7.78. The molecule has 7 nitrogen and oxygen atoms in total. The van der Waals surface area contributed by atoms with Crippen LogP contribution in [0.4, 0.5) is 10.5 Å². The molecular formula is C13H16N2O5. The molecule has 0 heterocycles. The van der Waals surface area contributed by atoms with Crippen molar-refractivity contribution in [2.45, 2.75) is 13.3 Å². The smallest absolute Gasteiger partial charge is 0.338 e. The van der Waals surface area contributed by atoms with Crippen molar-refractivity contribution < 1.29 is 24.2 Å². The number of carboxylic acids is 1. The molecule has 1 rings (SSSR count). The van der Waals surface area contributed by atoms with Gasteiger partial charge >= 0.3 is 18.0 Å². The number of ether oxygens (including phenoxy) is 1. The van der Waals surface area contributed by atoms with E-state index in [1.807, 2.05) is 0 Å². The molecule has 1 aromatic rings. The minimum absolute atomic E-state index is 0.0437. The molecule has 0 unspecified atom stereocenters. The first kappa shape index (κ1) is 15.5. The number of nitrogens with one attached hydrogen (secondary N) is 2. The Morgan fingerprint density at radius 3 is 2.40 bits per heavy atom. The predicted octanol–water partition coefficient (Wildman–Crippen LogP) is 1.46. The number of hydrogen-bond donors (Lipinski definition) is 3. The lowest BCUT2D eigenvalue weighted by molar-refractivity contribution is -0.136. The van der Waals surface area contributed by atoms with Gasteiger partial charge in [0.05, 0.1) is 18.6 Å². The highest BCUT2D eigenvalue weighted by molar-refractivity contribution is 5.92. The Morgan fingerprint density at radius 1 is 1.20 bits per heavy atom. The number of rotatable bonds is 6. The number of esters is 1. The third kappa shape index (κ3) is 5.38. The summed E-state index contributed by atoms with van der Waals surface area (Å²) in [5.74, 6) is -1.41. The van der Waals surface area contributed by atoms with Crippen LogP contribution >= 0.6 is 0 Å². The largest absolute Gasteiger partial charge is 0.481 e. The summed E-state index contributed by atoms with van der Waals surface area (Å²) in [7, 11) is 0. The number of aliphatic carboxylic acids is 1. The molecule has 7 heteroatoms. The van der Waals surface area contributed by atoms with Crippen LogP contribution < -0.4 is 10.6 Å². The number of amides is 2. The Labute approximate surface area is 115 Å². The molecule has 0 atom stereocenters. The molecule has 0 saturated carbocycles. The van der Waals surface area contributed by atoms with Gasteiger partial charge in [0.1, 0.15) is 0 Å². The van der Waals surface area contributed by atoms with E-state index >= 15 is 0 Å². The average Bonchev–Trinajstić information content (AvgIpc) is 2.39. The van der Waals surface area contributed by atoms with Gasteiger partial charge in [-0.1, -0.05) is 0 Å². The number of benzene rings is 1. The van der Waals surface area contributed by atoms with Crippen LogP contribution in [-0.4, -0.2) is 36.2 Å². The molecule has 0 aliphatic heterocycles. The fraction of sp³-hybridized carbons (Fsp3) is 0.308. The second-order valence-corrected chi connectivity index (χ2v) is 3.82. The van der Waals surface area contributed by atoms with Crippen molar-refractivity contribution in [2.24, 2.45) is 0 Å². The van der Waals surface area contributed by atoms with E-state index in [9.17, 15) is 14.4 Å². The van der Waals surface area contributed by atoms with Crippen LogP contribution in [0.25, 0.3) is 0 Å². The Kier molecular flexibility index (Phi) is 6.02. The number of hydrogen-bond acceptors (Lipinski definition) is 4. The van der Waals surface area contributed by atoms with Crippen LogP contribution in [0.1, 0.15) is 23.7 Å². The van der Waals surface area contributed by atoms with E-state index in [4.69, 9.17) is 9.84 Å². The molecular weight excluding hydrogens is 264 g/mol. The first-order chi connectivity index (χ1) is 9.52. The van der Waals surface area contributed by atoms with Gasteiger partial charge in [0.2, 0.25) is 0 Å². The molecule has 0 aromatic heterocycles. The Balaban J connectivity index is 2.46. The monoisotopic (exact) mass is 280 g/mol. The van der Waals surface area contributed by atoms with Gasteiger partial charge in [-0.3, -0.25) is 4.79 Å². The highest BCUT2D eigenvalue weighted by Crippen LogP contribution is 2.10. The normalized spacial score (nSPS) is 9.65. The van der Waals surface area contributed by atoms with Crippen LogP contribution in [0.3, 0.4) is 0 Å². The van der Waals surface area contributed by atoms with E-state index in [0.717, 1.165) is 0 Å². The molecule has 1 aromatic carbocycles. The first-order valence-corrected chi connectivity index (χ1v) is 6.06. The highest BCUT2D eigenvalue weighted by atomic mass is 16.5. The van der Waals surface area contributed by atoms with Gasteiger partial charge in [0, 0.05) is 12.2 Å². The van der Waals surface area contributed by atoms with E-state index in [1.165, 1.54) is 12.1 Å². The molecule has 3 N–H and O–H groups in total. The second-order valence-electron chi connectivity index (χ2n) is 3.82. The number of carboxylic acid groups (broad SMARTS) is 1. The van der Waals surface area contributed by atoms with Crippen molar-refractivity contribution in [3.63, 3.8) is 0 Å². The Bertz CT molecular complexity index is 484. The Morgan fingerprint density at radius 2 is 1.85 bits per heavy atom. The maximum Gasteiger partial charge on any atom is 0.338 e. The molecule has 0 spiro atoms. The zero-order chi connectivity index (χ0) is 15.0. The summed E-state index contributed by atoms with van der Waals surface area (Å²) in [5, 5.41) is 13.3. The predicted molar refractivity (Wildman–Crippen MR) is 71.7 cm³/mol. The molecule has 0 radical (unpaired) electrons. The van der Waals surface area contributed by atoms with Crippen LogP contribution in [0, 0.1) is 0 Å². The maximum atomic E-state index is 11.4. The van der Waals surface area contributed by atoms with Gasteiger partial charge in [-0.15, -0.1) is 0 Å². The SMILES string of the molecule is CCOC(=O)c1ccc(NC(=O)NCCC(=O)O)cc1. The van der Waals surface area contributed by atoms with E-state index in [2.05, 4.69) is 10.6 Å². The summed E-state index contributed by atoms with van der Waals surface area (Å²) in [4.78, 5) is 33.1.